The number of nitrogens with one attached hydrogen (secondary N) is 1. The van der Waals surface area contributed by atoms with Crippen LogP contribution in [-0.2, 0) is 4.74 Å². The molecule has 0 unspecified atom stereocenters. The molecule has 4 nitrogen and oxygen atoms in total. The van der Waals surface area contributed by atoms with E-state index in [9.17, 15) is 4.79 Å². The molecule has 0 radical (unpaired) electrons. The van der Waals surface area contributed by atoms with Gasteiger partial charge in [-0.25, -0.2) is 0 Å². The Bertz CT molecular complexity index is 338. The van der Waals surface area contributed by atoms with E-state index in [4.69, 9.17) is 9.15 Å². The van der Waals surface area contributed by atoms with Gasteiger partial charge in [0.05, 0.1) is 0 Å². The van der Waals surface area contributed by atoms with E-state index in [0.717, 1.165) is 25.9 Å². The number of amides is 1. The molecule has 1 rings (SSSR count). The zero-order valence-electron chi connectivity index (χ0n) is 10.0. The first-order chi connectivity index (χ1) is 8.24. The van der Waals surface area contributed by atoms with Crippen molar-refractivity contribution in [3.63, 3.8) is 0 Å². The maximum Gasteiger partial charge on any atom is 0.287 e. The van der Waals surface area contributed by atoms with Crippen molar-refractivity contribution in [2.24, 2.45) is 0 Å². The van der Waals surface area contributed by atoms with Crippen LogP contribution in [0.5, 0.6) is 0 Å². The van der Waals surface area contributed by atoms with E-state index in [-0.39, 0.29) is 5.91 Å². The highest BCUT2D eigenvalue weighted by Gasteiger charge is 2.08. The van der Waals surface area contributed by atoms with Crippen LogP contribution >= 0.6 is 15.9 Å². The van der Waals surface area contributed by atoms with Gasteiger partial charge in [0.25, 0.3) is 5.91 Å². The second-order valence-electron chi connectivity index (χ2n) is 3.68. The Morgan fingerprint density at radius 2 is 2.18 bits per heavy atom. The summed E-state index contributed by atoms with van der Waals surface area (Å²) in [5.74, 6) is 0.132. The zero-order valence-corrected chi connectivity index (χ0v) is 11.6. The standard InChI is InChI=1S/C12H18BrNO3/c1-2-3-8-16-9-4-7-14-12(15)10-5-6-11(13)17-10/h5-6H,2-4,7-9H2,1H3,(H,14,15). The number of carbonyl (C=O) groups excluding carboxylic acids is 1. The normalized spacial score (nSPS) is 10.5. The molecule has 5 heteroatoms. The molecule has 0 spiro atoms. The van der Waals surface area contributed by atoms with E-state index in [0.29, 0.717) is 23.6 Å². The molecular weight excluding hydrogens is 286 g/mol. The van der Waals surface area contributed by atoms with Gasteiger partial charge in [0.2, 0.25) is 0 Å². The summed E-state index contributed by atoms with van der Waals surface area (Å²) >= 11 is 3.15. The van der Waals surface area contributed by atoms with Crippen molar-refractivity contribution in [1.82, 2.24) is 5.32 Å². The third-order valence-corrected chi connectivity index (χ3v) is 2.62. The first-order valence-electron chi connectivity index (χ1n) is 5.85. The van der Waals surface area contributed by atoms with Gasteiger partial charge in [0.1, 0.15) is 0 Å². The minimum atomic E-state index is -0.191. The van der Waals surface area contributed by atoms with Gasteiger partial charge in [-0.3, -0.25) is 4.79 Å². The Morgan fingerprint density at radius 3 is 2.82 bits per heavy atom. The van der Waals surface area contributed by atoms with Crippen LogP contribution < -0.4 is 5.32 Å². The highest BCUT2D eigenvalue weighted by atomic mass is 79.9. The van der Waals surface area contributed by atoms with E-state index < -0.39 is 0 Å². The lowest BCUT2D eigenvalue weighted by Crippen LogP contribution is -2.24. The van der Waals surface area contributed by atoms with Crippen molar-refractivity contribution >= 4 is 21.8 Å². The molecule has 96 valence electrons. The highest BCUT2D eigenvalue weighted by Crippen LogP contribution is 2.13. The molecular formula is C12H18BrNO3. The number of hydrogen-bond acceptors (Lipinski definition) is 3. The molecule has 0 aliphatic carbocycles. The summed E-state index contributed by atoms with van der Waals surface area (Å²) in [5, 5.41) is 2.77. The first kappa shape index (κ1) is 14.3. The van der Waals surface area contributed by atoms with Crippen LogP contribution in [0.15, 0.2) is 21.2 Å². The third-order valence-electron chi connectivity index (χ3n) is 2.19. The van der Waals surface area contributed by atoms with E-state index in [1.165, 1.54) is 0 Å². The number of unbranched alkanes of at least 4 members (excludes halogenated alkanes) is 1. The molecule has 1 aromatic rings. The van der Waals surface area contributed by atoms with E-state index in [1.807, 2.05) is 0 Å². The third kappa shape index (κ3) is 5.89. The second kappa shape index (κ2) is 8.31. The van der Waals surface area contributed by atoms with Gasteiger partial charge in [0.15, 0.2) is 10.4 Å². The quantitative estimate of drug-likeness (QED) is 0.751. The van der Waals surface area contributed by atoms with Gasteiger partial charge in [-0.1, -0.05) is 13.3 Å². The molecule has 1 aromatic heterocycles. The fourth-order valence-corrected chi connectivity index (χ4v) is 1.55. The van der Waals surface area contributed by atoms with Crippen LogP contribution in [0, 0.1) is 0 Å². The van der Waals surface area contributed by atoms with Crippen LogP contribution in [-0.4, -0.2) is 25.7 Å². The van der Waals surface area contributed by atoms with Crippen molar-refractivity contribution in [2.75, 3.05) is 19.8 Å². The molecule has 1 heterocycles. The molecule has 0 fully saturated rings. The fraction of sp³-hybridized carbons (Fsp3) is 0.583. The van der Waals surface area contributed by atoms with Crippen molar-refractivity contribution in [1.29, 1.82) is 0 Å². The summed E-state index contributed by atoms with van der Waals surface area (Å²) in [6, 6.07) is 3.33. The minimum absolute atomic E-state index is 0.191. The average molecular weight is 304 g/mol. The Balaban J connectivity index is 2.05. The highest BCUT2D eigenvalue weighted by molar-refractivity contribution is 9.10. The van der Waals surface area contributed by atoms with Crippen molar-refractivity contribution in [3.8, 4) is 0 Å². The van der Waals surface area contributed by atoms with Crippen LogP contribution in [0.4, 0.5) is 0 Å². The number of halogens is 1. The van der Waals surface area contributed by atoms with Crippen LogP contribution in [0.3, 0.4) is 0 Å². The molecule has 0 aliphatic rings. The average Bonchev–Trinajstić information content (AvgIpc) is 2.74. The largest absolute Gasteiger partial charge is 0.444 e. The summed E-state index contributed by atoms with van der Waals surface area (Å²) in [4.78, 5) is 11.5. The number of rotatable bonds is 8. The predicted octanol–water partition coefficient (Wildman–Crippen LogP) is 2.98. The molecule has 0 saturated carbocycles. The fourth-order valence-electron chi connectivity index (χ4n) is 1.25. The van der Waals surface area contributed by atoms with Crippen molar-refractivity contribution in [2.45, 2.75) is 26.2 Å². The van der Waals surface area contributed by atoms with E-state index in [1.54, 1.807) is 12.1 Å². The van der Waals surface area contributed by atoms with Crippen LogP contribution in [0.1, 0.15) is 36.7 Å². The predicted molar refractivity (Wildman–Crippen MR) is 69.1 cm³/mol. The number of carbonyl (C=O) groups is 1. The maximum absolute atomic E-state index is 11.5. The monoisotopic (exact) mass is 303 g/mol. The van der Waals surface area contributed by atoms with Gasteiger partial charge in [0, 0.05) is 19.8 Å². The van der Waals surface area contributed by atoms with E-state index >= 15 is 0 Å². The van der Waals surface area contributed by atoms with Gasteiger partial charge in [-0.05, 0) is 40.9 Å². The van der Waals surface area contributed by atoms with Crippen LogP contribution in [0.2, 0.25) is 0 Å². The van der Waals surface area contributed by atoms with Gasteiger partial charge >= 0.3 is 0 Å². The van der Waals surface area contributed by atoms with Gasteiger partial charge < -0.3 is 14.5 Å². The zero-order chi connectivity index (χ0) is 12.5. The summed E-state index contributed by atoms with van der Waals surface area (Å²) in [6.07, 6.45) is 3.05. The lowest BCUT2D eigenvalue weighted by Gasteiger charge is -2.04. The van der Waals surface area contributed by atoms with Crippen molar-refractivity contribution in [3.05, 3.63) is 22.6 Å². The topological polar surface area (TPSA) is 51.5 Å². The second-order valence-corrected chi connectivity index (χ2v) is 4.46. The molecule has 0 atom stereocenters. The molecule has 1 N–H and O–H groups in total. The number of ether oxygens (including phenoxy) is 1. The summed E-state index contributed by atoms with van der Waals surface area (Å²) in [6.45, 7) is 4.21. The Morgan fingerprint density at radius 1 is 1.41 bits per heavy atom. The molecule has 0 saturated heterocycles. The SMILES string of the molecule is CCCCOCCCNC(=O)c1ccc(Br)o1. The van der Waals surface area contributed by atoms with E-state index in [2.05, 4.69) is 28.2 Å². The molecule has 0 aromatic carbocycles. The molecule has 0 bridgehead atoms. The smallest absolute Gasteiger partial charge is 0.287 e. The maximum atomic E-state index is 11.5. The molecule has 17 heavy (non-hydrogen) atoms. The van der Waals surface area contributed by atoms with Gasteiger partial charge in [-0.2, -0.15) is 0 Å². The minimum Gasteiger partial charge on any atom is -0.444 e. The number of furan rings is 1. The molecule has 1 amide bonds. The Hall–Kier alpha value is -0.810. The van der Waals surface area contributed by atoms with Gasteiger partial charge in [-0.15, -0.1) is 0 Å². The van der Waals surface area contributed by atoms with Crippen LogP contribution in [0.25, 0.3) is 0 Å². The summed E-state index contributed by atoms with van der Waals surface area (Å²) < 4.78 is 11.1. The summed E-state index contributed by atoms with van der Waals surface area (Å²) in [7, 11) is 0. The Labute approximate surface area is 110 Å². The lowest BCUT2D eigenvalue weighted by molar-refractivity contribution is 0.0912. The summed E-state index contributed by atoms with van der Waals surface area (Å²) in [5.41, 5.74) is 0. The van der Waals surface area contributed by atoms with Crippen molar-refractivity contribution < 1.29 is 13.9 Å². The number of hydrogen-bond donors (Lipinski definition) is 1. The Kier molecular flexibility index (Phi) is 6.96. The first-order valence-corrected chi connectivity index (χ1v) is 6.64. The lowest BCUT2D eigenvalue weighted by atomic mass is 10.3. The molecule has 0 aliphatic heterocycles.